The van der Waals surface area contributed by atoms with Crippen LogP contribution in [0.1, 0.15) is 39.8 Å². The van der Waals surface area contributed by atoms with Crippen LogP contribution in [0, 0.1) is 0 Å². The van der Waals surface area contributed by atoms with Crippen LogP contribution in [-0.4, -0.2) is 15.8 Å². The van der Waals surface area contributed by atoms with E-state index in [2.05, 4.69) is 54.1 Å². The standard InChI is InChI=1S/C29H24N2OS/c1-2-22-20-33-21-26(22)27-18-31(28(19-32)30-27)29(23-12-6-3-7-13-23,24-14-8-4-9-15-24)25-16-10-5-11-17-25/h3-21H,2H2,1H3. The summed E-state index contributed by atoms with van der Waals surface area (Å²) in [6.07, 6.45) is 3.83. The topological polar surface area (TPSA) is 34.9 Å². The lowest BCUT2D eigenvalue weighted by Gasteiger charge is -2.38. The van der Waals surface area contributed by atoms with Gasteiger partial charge in [0, 0.05) is 17.1 Å². The molecule has 0 saturated heterocycles. The van der Waals surface area contributed by atoms with Crippen LogP contribution in [0.5, 0.6) is 0 Å². The van der Waals surface area contributed by atoms with Gasteiger partial charge in [-0.25, -0.2) is 4.98 Å². The molecule has 3 aromatic carbocycles. The predicted molar refractivity (Wildman–Crippen MR) is 135 cm³/mol. The van der Waals surface area contributed by atoms with Crippen molar-refractivity contribution in [3.05, 3.63) is 136 Å². The Balaban J connectivity index is 1.89. The molecule has 4 heteroatoms. The van der Waals surface area contributed by atoms with Gasteiger partial charge in [-0.15, -0.1) is 0 Å². The SMILES string of the molecule is CCc1cscc1-c1cn(C(c2ccccc2)(c2ccccc2)c2ccccc2)c(C=O)n1. The molecule has 0 aliphatic rings. The first-order chi connectivity index (χ1) is 16.3. The molecule has 162 valence electrons. The first kappa shape index (κ1) is 21.1. The average Bonchev–Trinajstić information content (AvgIpc) is 3.54. The molecule has 5 rings (SSSR count). The van der Waals surface area contributed by atoms with E-state index in [1.807, 2.05) is 65.4 Å². The fourth-order valence-corrected chi connectivity index (χ4v) is 5.59. The average molecular weight is 449 g/mol. The summed E-state index contributed by atoms with van der Waals surface area (Å²) in [5.74, 6) is 0.398. The molecule has 5 aromatic rings. The minimum absolute atomic E-state index is 0.398. The van der Waals surface area contributed by atoms with Crippen molar-refractivity contribution >= 4 is 17.6 Å². The van der Waals surface area contributed by atoms with E-state index in [0.29, 0.717) is 5.82 Å². The molecule has 0 saturated carbocycles. The van der Waals surface area contributed by atoms with Gasteiger partial charge in [-0.2, -0.15) is 11.3 Å². The van der Waals surface area contributed by atoms with Gasteiger partial charge in [0.25, 0.3) is 0 Å². The molecule has 3 nitrogen and oxygen atoms in total. The lowest BCUT2D eigenvalue weighted by molar-refractivity contribution is 0.110. The van der Waals surface area contributed by atoms with E-state index >= 15 is 0 Å². The highest BCUT2D eigenvalue weighted by molar-refractivity contribution is 7.08. The number of carbonyl (C=O) groups excluding carboxylic acids is 1. The maximum absolute atomic E-state index is 12.4. The van der Waals surface area contributed by atoms with E-state index < -0.39 is 5.54 Å². The lowest BCUT2D eigenvalue weighted by Crippen LogP contribution is -2.38. The summed E-state index contributed by atoms with van der Waals surface area (Å²) in [5, 5.41) is 4.28. The summed E-state index contributed by atoms with van der Waals surface area (Å²) in [6, 6.07) is 31.0. The largest absolute Gasteiger partial charge is 0.310 e. The van der Waals surface area contributed by atoms with Crippen LogP contribution >= 0.6 is 11.3 Å². The number of imidazole rings is 1. The Hall–Kier alpha value is -3.76. The highest BCUT2D eigenvalue weighted by atomic mass is 32.1. The zero-order chi connectivity index (χ0) is 22.7. The fourth-order valence-electron chi connectivity index (χ4n) is 4.65. The summed E-state index contributed by atoms with van der Waals surface area (Å²) in [4.78, 5) is 17.2. The van der Waals surface area contributed by atoms with Crippen LogP contribution < -0.4 is 0 Å². The Morgan fingerprint density at radius 1 is 0.818 bits per heavy atom. The number of hydrogen-bond acceptors (Lipinski definition) is 3. The van der Waals surface area contributed by atoms with Gasteiger partial charge >= 0.3 is 0 Å². The number of aldehydes is 1. The number of aryl methyl sites for hydroxylation is 1. The third-order valence-electron chi connectivity index (χ3n) is 6.17. The molecule has 0 bridgehead atoms. The Morgan fingerprint density at radius 3 is 1.79 bits per heavy atom. The number of hydrogen-bond donors (Lipinski definition) is 0. The van der Waals surface area contributed by atoms with E-state index in [1.165, 1.54) is 5.56 Å². The second-order valence-electron chi connectivity index (χ2n) is 7.94. The fraction of sp³-hybridized carbons (Fsp3) is 0.103. The van der Waals surface area contributed by atoms with E-state index in [0.717, 1.165) is 40.7 Å². The first-order valence-electron chi connectivity index (χ1n) is 11.1. The summed E-state index contributed by atoms with van der Waals surface area (Å²) in [6.45, 7) is 2.14. The molecule has 0 unspecified atom stereocenters. The second kappa shape index (κ2) is 9.00. The van der Waals surface area contributed by atoms with Crippen molar-refractivity contribution in [1.82, 2.24) is 9.55 Å². The molecule has 2 heterocycles. The number of aromatic nitrogens is 2. The molecular formula is C29H24N2OS. The van der Waals surface area contributed by atoms with Crippen LogP contribution in [-0.2, 0) is 12.0 Å². The Kier molecular flexibility index (Phi) is 5.76. The smallest absolute Gasteiger partial charge is 0.185 e. The van der Waals surface area contributed by atoms with Crippen molar-refractivity contribution < 1.29 is 4.79 Å². The molecule has 0 radical (unpaired) electrons. The Labute approximate surface area is 198 Å². The van der Waals surface area contributed by atoms with Gasteiger partial charge in [0.2, 0.25) is 0 Å². The van der Waals surface area contributed by atoms with Crippen molar-refractivity contribution in [3.63, 3.8) is 0 Å². The minimum Gasteiger partial charge on any atom is -0.310 e. The molecule has 0 atom stereocenters. The zero-order valence-corrected chi connectivity index (χ0v) is 19.2. The first-order valence-corrected chi connectivity index (χ1v) is 12.0. The van der Waals surface area contributed by atoms with Gasteiger partial charge in [0.1, 0.15) is 5.54 Å². The molecule has 0 amide bonds. The summed E-state index contributed by atoms with van der Waals surface area (Å²) in [5.41, 5.74) is 5.59. The molecular weight excluding hydrogens is 424 g/mol. The van der Waals surface area contributed by atoms with Gasteiger partial charge in [0.15, 0.2) is 12.1 Å². The van der Waals surface area contributed by atoms with Gasteiger partial charge in [-0.1, -0.05) is 97.9 Å². The molecule has 0 aliphatic carbocycles. The number of thiophene rings is 1. The monoisotopic (exact) mass is 448 g/mol. The zero-order valence-electron chi connectivity index (χ0n) is 18.4. The van der Waals surface area contributed by atoms with Crippen molar-refractivity contribution in [2.75, 3.05) is 0 Å². The second-order valence-corrected chi connectivity index (χ2v) is 8.69. The maximum atomic E-state index is 12.4. The molecule has 0 N–H and O–H groups in total. The third kappa shape index (κ3) is 3.53. The predicted octanol–water partition coefficient (Wildman–Crippen LogP) is 6.83. The summed E-state index contributed by atoms with van der Waals surface area (Å²) in [7, 11) is 0. The third-order valence-corrected chi connectivity index (χ3v) is 6.97. The van der Waals surface area contributed by atoms with E-state index in [4.69, 9.17) is 4.98 Å². The van der Waals surface area contributed by atoms with Crippen LogP contribution in [0.2, 0.25) is 0 Å². The van der Waals surface area contributed by atoms with Crippen molar-refractivity contribution in [3.8, 4) is 11.3 Å². The molecule has 0 aliphatic heterocycles. The summed E-state index contributed by atoms with van der Waals surface area (Å²) >= 11 is 1.67. The van der Waals surface area contributed by atoms with Gasteiger partial charge in [-0.05, 0) is 34.1 Å². The highest BCUT2D eigenvalue weighted by Gasteiger charge is 2.40. The number of rotatable bonds is 7. The lowest BCUT2D eigenvalue weighted by atomic mass is 9.76. The van der Waals surface area contributed by atoms with Crippen LogP contribution in [0.4, 0.5) is 0 Å². The molecule has 0 spiro atoms. The normalized spacial score (nSPS) is 11.4. The number of benzene rings is 3. The highest BCUT2D eigenvalue weighted by Crippen LogP contribution is 2.42. The molecule has 33 heavy (non-hydrogen) atoms. The van der Waals surface area contributed by atoms with E-state index in [-0.39, 0.29) is 0 Å². The van der Waals surface area contributed by atoms with Gasteiger partial charge in [0.05, 0.1) is 5.69 Å². The molecule has 2 aromatic heterocycles. The van der Waals surface area contributed by atoms with Crippen molar-refractivity contribution in [2.24, 2.45) is 0 Å². The van der Waals surface area contributed by atoms with E-state index in [9.17, 15) is 4.79 Å². The van der Waals surface area contributed by atoms with Crippen LogP contribution in [0.25, 0.3) is 11.3 Å². The molecule has 0 fully saturated rings. The number of carbonyl (C=O) groups is 1. The van der Waals surface area contributed by atoms with Crippen LogP contribution in [0.3, 0.4) is 0 Å². The van der Waals surface area contributed by atoms with Crippen molar-refractivity contribution in [1.29, 1.82) is 0 Å². The Morgan fingerprint density at radius 2 is 1.33 bits per heavy atom. The van der Waals surface area contributed by atoms with E-state index in [1.54, 1.807) is 11.3 Å². The Bertz CT molecular complexity index is 1260. The van der Waals surface area contributed by atoms with Crippen LogP contribution in [0.15, 0.2) is 108 Å². The minimum atomic E-state index is -0.756. The van der Waals surface area contributed by atoms with Crippen molar-refractivity contribution in [2.45, 2.75) is 18.9 Å². The summed E-state index contributed by atoms with van der Waals surface area (Å²) < 4.78 is 2.05. The van der Waals surface area contributed by atoms with Gasteiger partial charge in [-0.3, -0.25) is 4.79 Å². The van der Waals surface area contributed by atoms with Gasteiger partial charge < -0.3 is 4.57 Å². The number of nitrogens with zero attached hydrogens (tertiary/aromatic N) is 2. The quantitative estimate of drug-likeness (QED) is 0.202. The maximum Gasteiger partial charge on any atom is 0.185 e.